The molecule has 0 aromatic heterocycles. The molecule has 1 heterocycles. The van der Waals surface area contributed by atoms with E-state index in [9.17, 15) is 4.39 Å². The molecule has 1 fully saturated rings. The highest BCUT2D eigenvalue weighted by Crippen LogP contribution is 2.19. The lowest BCUT2D eigenvalue weighted by atomic mass is 9.98. The Hall–Kier alpha value is -0.930. The van der Waals surface area contributed by atoms with Gasteiger partial charge in [-0.2, -0.15) is 0 Å². The highest BCUT2D eigenvalue weighted by molar-refractivity contribution is 5.26. The molecule has 1 N–H and O–H groups in total. The lowest BCUT2D eigenvalue weighted by Gasteiger charge is -2.33. The van der Waals surface area contributed by atoms with Gasteiger partial charge in [0, 0.05) is 18.6 Å². The summed E-state index contributed by atoms with van der Waals surface area (Å²) in [6.45, 7) is 10.6. The van der Waals surface area contributed by atoms with Crippen molar-refractivity contribution in [2.75, 3.05) is 19.6 Å². The molecule has 1 aromatic rings. The van der Waals surface area contributed by atoms with Crippen molar-refractivity contribution in [1.82, 2.24) is 10.2 Å². The highest BCUT2D eigenvalue weighted by Gasteiger charge is 2.27. The first-order chi connectivity index (χ1) is 9.02. The van der Waals surface area contributed by atoms with E-state index in [1.165, 1.54) is 5.56 Å². The molecule has 19 heavy (non-hydrogen) atoms. The van der Waals surface area contributed by atoms with E-state index in [2.05, 4.69) is 31.0 Å². The second kappa shape index (κ2) is 6.02. The van der Waals surface area contributed by atoms with Gasteiger partial charge in [0.2, 0.25) is 0 Å². The van der Waals surface area contributed by atoms with E-state index in [0.29, 0.717) is 0 Å². The Kier molecular flexibility index (Phi) is 4.58. The van der Waals surface area contributed by atoms with Crippen LogP contribution in [0.25, 0.3) is 0 Å². The molecule has 1 unspecified atom stereocenters. The molecule has 2 rings (SSSR count). The summed E-state index contributed by atoms with van der Waals surface area (Å²) in [6.07, 6.45) is 2.27. The summed E-state index contributed by atoms with van der Waals surface area (Å²) < 4.78 is 13.4. The second-order valence-electron chi connectivity index (χ2n) is 5.98. The molecule has 106 valence electrons. The lowest BCUT2D eigenvalue weighted by Crippen LogP contribution is -2.48. The van der Waals surface area contributed by atoms with Crippen LogP contribution < -0.4 is 5.32 Å². The normalized spacial score (nSPS) is 25.3. The predicted molar refractivity (Wildman–Crippen MR) is 77.7 cm³/mol. The van der Waals surface area contributed by atoms with E-state index < -0.39 is 0 Å². The van der Waals surface area contributed by atoms with Crippen molar-refractivity contribution >= 4 is 0 Å². The fourth-order valence-corrected chi connectivity index (χ4v) is 2.74. The fourth-order valence-electron chi connectivity index (χ4n) is 2.74. The summed E-state index contributed by atoms with van der Waals surface area (Å²) in [4.78, 5) is 2.45. The summed E-state index contributed by atoms with van der Waals surface area (Å²) in [5.41, 5.74) is 2.47. The highest BCUT2D eigenvalue weighted by atomic mass is 19.1. The number of halogens is 1. The zero-order valence-corrected chi connectivity index (χ0v) is 12.3. The second-order valence-corrected chi connectivity index (χ2v) is 5.98. The maximum atomic E-state index is 13.4. The molecule has 0 aliphatic carbocycles. The van der Waals surface area contributed by atoms with Crippen LogP contribution in [0.15, 0.2) is 18.2 Å². The van der Waals surface area contributed by atoms with Crippen molar-refractivity contribution in [3.63, 3.8) is 0 Å². The molecule has 1 aliphatic heterocycles. The van der Waals surface area contributed by atoms with E-state index in [-0.39, 0.29) is 11.4 Å². The Morgan fingerprint density at radius 1 is 1.42 bits per heavy atom. The van der Waals surface area contributed by atoms with Crippen LogP contribution in [0.5, 0.6) is 0 Å². The smallest absolute Gasteiger partial charge is 0.123 e. The molecular weight excluding hydrogens is 239 g/mol. The van der Waals surface area contributed by atoms with Crippen LogP contribution in [0.3, 0.4) is 0 Å². The first-order valence-electron chi connectivity index (χ1n) is 7.25. The molecule has 0 bridgehead atoms. The van der Waals surface area contributed by atoms with Crippen LogP contribution in [-0.4, -0.2) is 30.1 Å². The SMILES string of the molecule is CCC1(C)CN(Cc2cc(F)ccc2C)CCCN1. The maximum Gasteiger partial charge on any atom is 0.123 e. The minimum atomic E-state index is -0.133. The molecule has 0 amide bonds. The monoisotopic (exact) mass is 264 g/mol. The Balaban J connectivity index is 2.10. The van der Waals surface area contributed by atoms with Crippen molar-refractivity contribution in [3.8, 4) is 0 Å². The topological polar surface area (TPSA) is 15.3 Å². The van der Waals surface area contributed by atoms with Crippen LogP contribution >= 0.6 is 0 Å². The maximum absolute atomic E-state index is 13.4. The number of benzene rings is 1. The standard InChI is InChI=1S/C16H25FN2/c1-4-16(3)12-19(9-5-8-18-16)11-14-10-15(17)7-6-13(14)2/h6-7,10,18H,4-5,8-9,11-12H2,1-3H3. The van der Waals surface area contributed by atoms with Crippen LogP contribution in [0.1, 0.15) is 37.8 Å². The van der Waals surface area contributed by atoms with Gasteiger partial charge in [0.15, 0.2) is 0 Å². The fraction of sp³-hybridized carbons (Fsp3) is 0.625. The molecule has 1 aromatic carbocycles. The Morgan fingerprint density at radius 3 is 2.95 bits per heavy atom. The van der Waals surface area contributed by atoms with Gasteiger partial charge in [-0.25, -0.2) is 4.39 Å². The van der Waals surface area contributed by atoms with Crippen molar-refractivity contribution in [3.05, 3.63) is 35.1 Å². The molecule has 1 atom stereocenters. The molecule has 0 saturated carbocycles. The van der Waals surface area contributed by atoms with Crippen molar-refractivity contribution in [1.29, 1.82) is 0 Å². The van der Waals surface area contributed by atoms with E-state index in [4.69, 9.17) is 0 Å². The van der Waals surface area contributed by atoms with E-state index in [0.717, 1.165) is 44.6 Å². The van der Waals surface area contributed by atoms with E-state index in [1.54, 1.807) is 12.1 Å². The van der Waals surface area contributed by atoms with Crippen molar-refractivity contribution in [2.24, 2.45) is 0 Å². The first kappa shape index (κ1) is 14.5. The van der Waals surface area contributed by atoms with Gasteiger partial charge in [0.1, 0.15) is 5.82 Å². The summed E-state index contributed by atoms with van der Waals surface area (Å²) in [5, 5.41) is 3.63. The average Bonchev–Trinajstić information content (AvgIpc) is 2.56. The zero-order valence-electron chi connectivity index (χ0n) is 12.3. The Bertz CT molecular complexity index is 433. The Morgan fingerprint density at radius 2 is 2.21 bits per heavy atom. The molecular formula is C16H25FN2. The quantitative estimate of drug-likeness (QED) is 0.902. The van der Waals surface area contributed by atoms with Gasteiger partial charge >= 0.3 is 0 Å². The summed E-state index contributed by atoms with van der Waals surface area (Å²) in [7, 11) is 0. The third kappa shape index (κ3) is 3.77. The number of hydrogen-bond acceptors (Lipinski definition) is 2. The largest absolute Gasteiger partial charge is 0.310 e. The summed E-state index contributed by atoms with van der Waals surface area (Å²) in [6, 6.07) is 5.09. The average molecular weight is 264 g/mol. The minimum absolute atomic E-state index is 0.133. The van der Waals surface area contributed by atoms with Gasteiger partial charge in [-0.3, -0.25) is 4.90 Å². The Labute approximate surface area is 116 Å². The van der Waals surface area contributed by atoms with Gasteiger partial charge in [-0.05, 0) is 63.0 Å². The molecule has 1 saturated heterocycles. The number of nitrogens with one attached hydrogen (secondary N) is 1. The molecule has 0 radical (unpaired) electrons. The van der Waals surface area contributed by atoms with Gasteiger partial charge in [0.05, 0.1) is 0 Å². The number of rotatable bonds is 3. The molecule has 1 aliphatic rings. The minimum Gasteiger partial charge on any atom is -0.310 e. The number of aryl methyl sites for hydroxylation is 1. The van der Waals surface area contributed by atoms with Crippen LogP contribution in [0.2, 0.25) is 0 Å². The van der Waals surface area contributed by atoms with Crippen LogP contribution in [0.4, 0.5) is 4.39 Å². The molecule has 0 spiro atoms. The van der Waals surface area contributed by atoms with Crippen molar-refractivity contribution < 1.29 is 4.39 Å². The summed E-state index contributed by atoms with van der Waals surface area (Å²) >= 11 is 0. The number of nitrogens with zero attached hydrogens (tertiary/aromatic N) is 1. The first-order valence-corrected chi connectivity index (χ1v) is 7.25. The lowest BCUT2D eigenvalue weighted by molar-refractivity contribution is 0.208. The molecule has 3 heteroatoms. The van der Waals surface area contributed by atoms with Crippen molar-refractivity contribution in [2.45, 2.75) is 45.7 Å². The zero-order chi connectivity index (χ0) is 13.9. The third-order valence-electron chi connectivity index (χ3n) is 4.26. The van der Waals surface area contributed by atoms with Gasteiger partial charge in [-0.15, -0.1) is 0 Å². The van der Waals surface area contributed by atoms with E-state index >= 15 is 0 Å². The summed E-state index contributed by atoms with van der Waals surface area (Å²) in [5.74, 6) is -0.133. The van der Waals surface area contributed by atoms with Gasteiger partial charge in [-0.1, -0.05) is 13.0 Å². The van der Waals surface area contributed by atoms with E-state index in [1.807, 2.05) is 6.07 Å². The van der Waals surface area contributed by atoms with Crippen LogP contribution in [0, 0.1) is 12.7 Å². The third-order valence-corrected chi connectivity index (χ3v) is 4.26. The predicted octanol–water partition coefficient (Wildman–Crippen LogP) is 3.10. The van der Waals surface area contributed by atoms with Gasteiger partial charge in [0.25, 0.3) is 0 Å². The number of hydrogen-bond donors (Lipinski definition) is 1. The molecule has 2 nitrogen and oxygen atoms in total. The van der Waals surface area contributed by atoms with Crippen LogP contribution in [-0.2, 0) is 6.54 Å². The van der Waals surface area contributed by atoms with Gasteiger partial charge < -0.3 is 5.32 Å².